The summed E-state index contributed by atoms with van der Waals surface area (Å²) in [6.45, 7) is 6.68. The molecule has 2 aromatic rings. The summed E-state index contributed by atoms with van der Waals surface area (Å²) in [5.41, 5.74) is 5.05. The summed E-state index contributed by atoms with van der Waals surface area (Å²) in [7, 11) is 0. The number of aliphatic carboxylic acids is 1. The van der Waals surface area contributed by atoms with Gasteiger partial charge in [0.25, 0.3) is 5.91 Å². The van der Waals surface area contributed by atoms with Crippen LogP contribution in [0.3, 0.4) is 0 Å². The van der Waals surface area contributed by atoms with Crippen molar-refractivity contribution in [3.05, 3.63) is 82.0 Å². The predicted octanol–water partition coefficient (Wildman–Crippen LogP) is 3.68. The highest BCUT2D eigenvalue weighted by Gasteiger charge is 2.56. The fourth-order valence-electron chi connectivity index (χ4n) is 7.55. The van der Waals surface area contributed by atoms with Gasteiger partial charge in [-0.15, -0.1) is 0 Å². The monoisotopic (exact) mass is 542 g/mol. The van der Waals surface area contributed by atoms with E-state index in [4.69, 9.17) is 10.1 Å². The van der Waals surface area contributed by atoms with Gasteiger partial charge in [0.05, 0.1) is 11.8 Å². The molecule has 4 N–H and O–H groups in total. The van der Waals surface area contributed by atoms with Crippen LogP contribution in [0.2, 0.25) is 0 Å². The number of carbonyl (C=O) groups excluding carboxylic acids is 1. The molecule has 9 nitrogen and oxygen atoms in total. The van der Waals surface area contributed by atoms with Crippen LogP contribution < -0.4 is 10.2 Å². The Morgan fingerprint density at radius 1 is 1.12 bits per heavy atom. The highest BCUT2D eigenvalue weighted by atomic mass is 16.4. The molecule has 208 valence electrons. The van der Waals surface area contributed by atoms with E-state index in [0.29, 0.717) is 5.82 Å². The summed E-state index contributed by atoms with van der Waals surface area (Å²) in [5, 5.41) is 32.9. The zero-order chi connectivity index (χ0) is 28.3. The molecular formula is C31H34N4O5. The summed E-state index contributed by atoms with van der Waals surface area (Å²) >= 11 is 0. The van der Waals surface area contributed by atoms with E-state index in [0.717, 1.165) is 42.7 Å². The molecule has 0 radical (unpaired) electrons. The van der Waals surface area contributed by atoms with Gasteiger partial charge in [0.2, 0.25) is 0 Å². The van der Waals surface area contributed by atoms with E-state index >= 15 is 0 Å². The number of aliphatic hydroxyl groups excluding tert-OH is 1. The average molecular weight is 543 g/mol. The van der Waals surface area contributed by atoms with Gasteiger partial charge in [-0.3, -0.25) is 9.59 Å². The zero-order valence-electron chi connectivity index (χ0n) is 22.9. The van der Waals surface area contributed by atoms with Crippen molar-refractivity contribution < 1.29 is 24.9 Å². The number of allylic oxidation sites excluding steroid dienone is 6. The third kappa shape index (κ3) is 3.86. The molecular weight excluding hydrogens is 508 g/mol. The topological polar surface area (TPSA) is 136 Å². The number of benzene rings is 1. The second-order valence-corrected chi connectivity index (χ2v) is 11.4. The first kappa shape index (κ1) is 26.3. The Labute approximate surface area is 233 Å². The molecule has 9 rings (SSSR count). The van der Waals surface area contributed by atoms with Crippen molar-refractivity contribution in [2.45, 2.75) is 51.0 Å². The molecule has 1 aromatic heterocycles. The fraction of sp³-hybridized carbons (Fsp3) is 0.419. The number of fused-ring (bicyclic) bond motifs is 2. The van der Waals surface area contributed by atoms with Crippen molar-refractivity contribution in [1.82, 2.24) is 15.3 Å². The van der Waals surface area contributed by atoms with Gasteiger partial charge in [0.1, 0.15) is 12.4 Å². The highest BCUT2D eigenvalue weighted by molar-refractivity contribution is 5.96. The SMILES string of the molecule is Cc1nc(C(C)C2(C3C4=CC=C3C=C4)c3ccc(c(C(C)O)c3)N3CCC2CC3)nc(C(=O)NCC(=O)O)c1O. The molecule has 1 fully saturated rings. The maximum Gasteiger partial charge on any atom is 0.322 e. The van der Waals surface area contributed by atoms with Crippen molar-refractivity contribution in [1.29, 1.82) is 0 Å². The van der Waals surface area contributed by atoms with Gasteiger partial charge in [-0.2, -0.15) is 0 Å². The summed E-state index contributed by atoms with van der Waals surface area (Å²) in [4.78, 5) is 35.7. The summed E-state index contributed by atoms with van der Waals surface area (Å²) in [6.07, 6.45) is 9.94. The summed E-state index contributed by atoms with van der Waals surface area (Å²) in [6, 6.07) is 6.47. The largest absolute Gasteiger partial charge is 0.504 e. The van der Waals surface area contributed by atoms with E-state index in [9.17, 15) is 19.8 Å². The van der Waals surface area contributed by atoms with E-state index in [1.165, 1.54) is 11.1 Å². The number of carboxylic acids is 1. The van der Waals surface area contributed by atoms with Crippen molar-refractivity contribution in [2.75, 3.05) is 24.5 Å². The van der Waals surface area contributed by atoms with Crippen LogP contribution in [0.4, 0.5) is 5.69 Å². The van der Waals surface area contributed by atoms with E-state index in [1.54, 1.807) is 13.8 Å². The summed E-state index contributed by atoms with van der Waals surface area (Å²) in [5.74, 6) is -1.88. The van der Waals surface area contributed by atoms with Gasteiger partial charge in [0, 0.05) is 41.6 Å². The molecule has 5 aliphatic heterocycles. The lowest BCUT2D eigenvalue weighted by Gasteiger charge is -2.51. The van der Waals surface area contributed by atoms with Crippen LogP contribution in [0.1, 0.15) is 71.8 Å². The van der Waals surface area contributed by atoms with Crippen LogP contribution in [0.5, 0.6) is 5.75 Å². The van der Waals surface area contributed by atoms with E-state index in [-0.39, 0.29) is 34.9 Å². The second kappa shape index (κ2) is 9.59. The number of aromatic hydroxyl groups is 1. The van der Waals surface area contributed by atoms with Gasteiger partial charge in [0.15, 0.2) is 11.4 Å². The molecule has 2 aliphatic carbocycles. The molecule has 3 unspecified atom stereocenters. The first-order valence-electron chi connectivity index (χ1n) is 13.9. The minimum absolute atomic E-state index is 0.0480. The average Bonchev–Trinajstić information content (AvgIpc) is 3.58. The Morgan fingerprint density at radius 3 is 2.40 bits per heavy atom. The Kier molecular flexibility index (Phi) is 6.29. The Morgan fingerprint density at radius 2 is 1.80 bits per heavy atom. The van der Waals surface area contributed by atoms with Gasteiger partial charge in [-0.25, -0.2) is 9.97 Å². The number of hydrogen-bond donors (Lipinski definition) is 4. The standard InChI is InChI=1S/C31H34N4O5/c1-16(29-33-17(2)28(39)27(34-29)30(40)32-15-25(37)38)31(26-19-4-5-20(26)7-6-19)21-10-12-35(13-11-21)24-9-8-22(31)14-23(24)18(3)36/h4-9,14,16,18,21,26,36,39H,10-13,15H2,1-3H3,(H,32,40)(H,37,38). The van der Waals surface area contributed by atoms with E-state index < -0.39 is 29.9 Å². The van der Waals surface area contributed by atoms with Crippen molar-refractivity contribution in [2.24, 2.45) is 11.8 Å². The molecule has 0 spiro atoms. The maximum atomic E-state index is 12.9. The number of anilines is 1. The molecule has 3 atom stereocenters. The number of carbonyl (C=O) groups is 2. The minimum Gasteiger partial charge on any atom is -0.504 e. The number of aromatic nitrogens is 2. The molecule has 1 amide bonds. The number of amides is 1. The smallest absolute Gasteiger partial charge is 0.322 e. The lowest BCUT2D eigenvalue weighted by molar-refractivity contribution is -0.135. The molecule has 6 heterocycles. The van der Waals surface area contributed by atoms with Crippen LogP contribution >= 0.6 is 0 Å². The first-order valence-corrected chi connectivity index (χ1v) is 13.9. The summed E-state index contributed by atoms with van der Waals surface area (Å²) < 4.78 is 0. The number of nitrogens with zero attached hydrogens (tertiary/aromatic N) is 3. The van der Waals surface area contributed by atoms with Gasteiger partial charge < -0.3 is 25.5 Å². The Bertz CT molecular complexity index is 1480. The number of nitrogens with one attached hydrogen (secondary N) is 1. The van der Waals surface area contributed by atoms with Gasteiger partial charge >= 0.3 is 5.97 Å². The molecule has 9 heteroatoms. The minimum atomic E-state index is -1.19. The van der Waals surface area contributed by atoms with Crippen molar-refractivity contribution >= 4 is 17.6 Å². The molecule has 6 bridgehead atoms. The van der Waals surface area contributed by atoms with Crippen LogP contribution in [-0.2, 0) is 10.2 Å². The van der Waals surface area contributed by atoms with E-state index in [1.807, 2.05) is 0 Å². The number of hydrogen-bond acceptors (Lipinski definition) is 7. The van der Waals surface area contributed by atoms with Crippen molar-refractivity contribution in [3.63, 3.8) is 0 Å². The number of piperidine rings is 1. The lowest BCUT2D eigenvalue weighted by Crippen LogP contribution is -2.50. The third-order valence-corrected chi connectivity index (χ3v) is 9.36. The molecule has 1 aromatic carbocycles. The van der Waals surface area contributed by atoms with E-state index in [2.05, 4.69) is 64.6 Å². The number of carboxylic acid groups (broad SMARTS) is 1. The second-order valence-electron chi connectivity index (χ2n) is 11.4. The number of rotatable bonds is 7. The predicted molar refractivity (Wildman–Crippen MR) is 149 cm³/mol. The Hall–Kier alpha value is -3.98. The quantitative estimate of drug-likeness (QED) is 0.416. The molecule has 0 saturated carbocycles. The Balaban J connectivity index is 1.57. The van der Waals surface area contributed by atoms with Gasteiger partial charge in [-0.05, 0) is 55.4 Å². The molecule has 40 heavy (non-hydrogen) atoms. The van der Waals surface area contributed by atoms with Crippen LogP contribution in [0, 0.1) is 18.8 Å². The van der Waals surface area contributed by atoms with Crippen LogP contribution in [0.25, 0.3) is 0 Å². The highest BCUT2D eigenvalue weighted by Crippen LogP contribution is 2.61. The first-order chi connectivity index (χ1) is 19.1. The van der Waals surface area contributed by atoms with Crippen LogP contribution in [-0.4, -0.2) is 56.8 Å². The van der Waals surface area contributed by atoms with Gasteiger partial charge in [-0.1, -0.05) is 43.4 Å². The lowest BCUT2D eigenvalue weighted by atomic mass is 9.52. The maximum absolute atomic E-state index is 12.9. The molecule has 7 aliphatic rings. The molecule has 1 saturated heterocycles. The van der Waals surface area contributed by atoms with Crippen molar-refractivity contribution in [3.8, 4) is 5.75 Å². The number of aliphatic hydroxyl groups is 1. The third-order valence-electron chi connectivity index (χ3n) is 9.36. The fourth-order valence-corrected chi connectivity index (χ4v) is 7.55. The zero-order valence-corrected chi connectivity index (χ0v) is 22.9. The number of aryl methyl sites for hydroxylation is 1. The normalized spacial score (nSPS) is 24.3. The van der Waals surface area contributed by atoms with Crippen LogP contribution in [0.15, 0.2) is 53.6 Å².